The van der Waals surface area contributed by atoms with E-state index in [1.807, 2.05) is 36.4 Å². The Balaban J connectivity index is 1.74. The van der Waals surface area contributed by atoms with Crippen LogP contribution in [0, 0.1) is 0 Å². The maximum Gasteiger partial charge on any atom is 0.261 e. The third-order valence-electron chi connectivity index (χ3n) is 5.75. The van der Waals surface area contributed by atoms with Crippen molar-refractivity contribution in [2.24, 2.45) is 5.73 Å². The monoisotopic (exact) mass is 407 g/mol. The summed E-state index contributed by atoms with van der Waals surface area (Å²) in [5, 5.41) is 5.06. The highest BCUT2D eigenvalue weighted by Gasteiger charge is 2.25. The molecule has 1 aliphatic carbocycles. The van der Waals surface area contributed by atoms with Crippen molar-refractivity contribution in [2.75, 3.05) is 5.32 Å². The van der Waals surface area contributed by atoms with Crippen molar-refractivity contribution in [2.45, 2.75) is 37.8 Å². The van der Waals surface area contributed by atoms with Gasteiger partial charge in [-0.25, -0.2) is 4.98 Å². The zero-order valence-corrected chi connectivity index (χ0v) is 16.6. The summed E-state index contributed by atoms with van der Waals surface area (Å²) in [6, 6.07) is 13.4. The van der Waals surface area contributed by atoms with Crippen molar-refractivity contribution in [1.82, 2.24) is 15.0 Å². The lowest BCUT2D eigenvalue weighted by Crippen LogP contribution is -2.43. The first-order valence-corrected chi connectivity index (χ1v) is 10.3. The average Bonchev–Trinajstić information content (AvgIpc) is 3.13. The molecule has 5 N–H and O–H groups in total. The SMILES string of the molecule is N[C@@H]1CCCC[C@H]1Nc1c(-c2nc3ccccc3[nH]2)c(=O)[nH]c2cc(Cl)ccc12. The molecule has 0 saturated heterocycles. The van der Waals surface area contributed by atoms with Crippen LogP contribution in [0.15, 0.2) is 47.3 Å². The Morgan fingerprint density at radius 2 is 1.90 bits per heavy atom. The molecule has 7 heteroatoms. The second kappa shape index (κ2) is 7.21. The molecule has 6 nitrogen and oxygen atoms in total. The summed E-state index contributed by atoms with van der Waals surface area (Å²) in [7, 11) is 0. The maximum absolute atomic E-state index is 13.1. The van der Waals surface area contributed by atoms with Crippen molar-refractivity contribution in [3.05, 3.63) is 57.8 Å². The molecule has 1 saturated carbocycles. The Morgan fingerprint density at radius 1 is 1.07 bits per heavy atom. The minimum absolute atomic E-state index is 0.0499. The molecule has 1 aliphatic rings. The summed E-state index contributed by atoms with van der Waals surface area (Å²) in [6.45, 7) is 0. The lowest BCUT2D eigenvalue weighted by Gasteiger charge is -2.31. The van der Waals surface area contributed by atoms with E-state index in [-0.39, 0.29) is 17.6 Å². The molecule has 0 radical (unpaired) electrons. The Hall–Kier alpha value is -2.83. The molecule has 0 amide bonds. The van der Waals surface area contributed by atoms with Gasteiger partial charge in [0, 0.05) is 22.5 Å². The summed E-state index contributed by atoms with van der Waals surface area (Å²) < 4.78 is 0. The van der Waals surface area contributed by atoms with Crippen LogP contribution in [0.1, 0.15) is 25.7 Å². The second-order valence-corrected chi connectivity index (χ2v) is 8.13. The van der Waals surface area contributed by atoms with Gasteiger partial charge < -0.3 is 21.0 Å². The lowest BCUT2D eigenvalue weighted by atomic mass is 9.90. The normalized spacial score (nSPS) is 19.7. The first kappa shape index (κ1) is 18.2. The number of aromatic nitrogens is 3. The second-order valence-electron chi connectivity index (χ2n) is 7.70. The van der Waals surface area contributed by atoms with Crippen molar-refractivity contribution in [3.8, 4) is 11.4 Å². The van der Waals surface area contributed by atoms with Crippen LogP contribution in [-0.4, -0.2) is 27.0 Å². The number of aromatic amines is 2. The summed E-state index contributed by atoms with van der Waals surface area (Å²) in [5.74, 6) is 0.538. The number of rotatable bonds is 3. The van der Waals surface area contributed by atoms with Crippen molar-refractivity contribution in [1.29, 1.82) is 0 Å². The van der Waals surface area contributed by atoms with Crippen molar-refractivity contribution in [3.63, 3.8) is 0 Å². The average molecular weight is 408 g/mol. The molecular formula is C22H22ClN5O. The van der Waals surface area contributed by atoms with E-state index < -0.39 is 0 Å². The van der Waals surface area contributed by atoms with Crippen LogP contribution in [0.5, 0.6) is 0 Å². The number of imidazole rings is 1. The first-order valence-electron chi connectivity index (χ1n) is 9.93. The zero-order chi connectivity index (χ0) is 20.0. The van der Waals surface area contributed by atoms with E-state index in [9.17, 15) is 4.79 Å². The van der Waals surface area contributed by atoms with Gasteiger partial charge in [0.1, 0.15) is 11.4 Å². The summed E-state index contributed by atoms with van der Waals surface area (Å²) in [5.41, 5.74) is 9.81. The van der Waals surface area contributed by atoms with E-state index in [1.165, 1.54) is 0 Å². The van der Waals surface area contributed by atoms with Crippen molar-refractivity contribution >= 4 is 39.2 Å². The number of fused-ring (bicyclic) bond motifs is 2. The highest BCUT2D eigenvalue weighted by molar-refractivity contribution is 6.31. The quantitative estimate of drug-likeness (QED) is 0.404. The molecule has 2 atom stereocenters. The van der Waals surface area contributed by atoms with E-state index in [0.29, 0.717) is 21.9 Å². The van der Waals surface area contributed by atoms with E-state index in [1.54, 1.807) is 6.07 Å². The van der Waals surface area contributed by atoms with Gasteiger partial charge in [0.05, 0.1) is 22.2 Å². The molecule has 4 aromatic rings. The molecule has 148 valence electrons. The van der Waals surface area contributed by atoms with Crippen molar-refractivity contribution < 1.29 is 0 Å². The summed E-state index contributed by atoms with van der Waals surface area (Å²) >= 11 is 6.17. The fraction of sp³-hybridized carbons (Fsp3) is 0.273. The number of para-hydroxylation sites is 2. The summed E-state index contributed by atoms with van der Waals surface area (Å²) in [6.07, 6.45) is 4.22. The number of hydrogen-bond acceptors (Lipinski definition) is 4. The highest BCUT2D eigenvalue weighted by atomic mass is 35.5. The number of nitrogens with zero attached hydrogens (tertiary/aromatic N) is 1. The molecule has 29 heavy (non-hydrogen) atoms. The maximum atomic E-state index is 13.1. The Kier molecular flexibility index (Phi) is 4.53. The topological polar surface area (TPSA) is 99.6 Å². The van der Waals surface area contributed by atoms with Gasteiger partial charge in [-0.1, -0.05) is 36.6 Å². The van der Waals surface area contributed by atoms with Crippen LogP contribution >= 0.6 is 11.6 Å². The fourth-order valence-electron chi connectivity index (χ4n) is 4.24. The number of benzene rings is 2. The van der Waals surface area contributed by atoms with Crippen LogP contribution in [0.4, 0.5) is 5.69 Å². The molecule has 2 aromatic carbocycles. The molecule has 2 heterocycles. The third-order valence-corrected chi connectivity index (χ3v) is 5.99. The number of halogens is 1. The largest absolute Gasteiger partial charge is 0.379 e. The van der Waals surface area contributed by atoms with Crippen LogP contribution < -0.4 is 16.6 Å². The van der Waals surface area contributed by atoms with Gasteiger partial charge in [-0.2, -0.15) is 0 Å². The minimum Gasteiger partial charge on any atom is -0.379 e. The number of nitrogens with one attached hydrogen (secondary N) is 3. The van der Waals surface area contributed by atoms with Crippen LogP contribution in [0.25, 0.3) is 33.3 Å². The van der Waals surface area contributed by atoms with Crippen LogP contribution in [0.3, 0.4) is 0 Å². The van der Waals surface area contributed by atoms with E-state index in [2.05, 4.69) is 20.3 Å². The number of anilines is 1. The lowest BCUT2D eigenvalue weighted by molar-refractivity contribution is 0.404. The Labute approximate surface area is 172 Å². The Morgan fingerprint density at radius 3 is 2.72 bits per heavy atom. The van der Waals surface area contributed by atoms with Gasteiger partial charge in [-0.15, -0.1) is 0 Å². The zero-order valence-electron chi connectivity index (χ0n) is 15.8. The molecule has 5 rings (SSSR count). The molecule has 0 aliphatic heterocycles. The molecule has 2 aromatic heterocycles. The molecular weight excluding hydrogens is 386 g/mol. The molecule has 0 unspecified atom stereocenters. The fourth-order valence-corrected chi connectivity index (χ4v) is 4.41. The molecule has 0 bridgehead atoms. The third kappa shape index (κ3) is 3.28. The smallest absolute Gasteiger partial charge is 0.261 e. The number of pyridine rings is 1. The number of H-pyrrole nitrogens is 2. The number of nitrogens with two attached hydrogens (primary N) is 1. The van der Waals surface area contributed by atoms with Gasteiger partial charge in [0.2, 0.25) is 0 Å². The number of hydrogen-bond donors (Lipinski definition) is 4. The van der Waals surface area contributed by atoms with Gasteiger partial charge in [-0.05, 0) is 43.2 Å². The predicted molar refractivity (Wildman–Crippen MR) is 119 cm³/mol. The van der Waals surface area contributed by atoms with Gasteiger partial charge in [0.15, 0.2) is 0 Å². The highest BCUT2D eigenvalue weighted by Crippen LogP contribution is 2.34. The standard InChI is InChI=1S/C22H22ClN5O/c23-12-9-10-13-18(11-12)28-22(29)19(20(13)25-15-6-2-1-5-14(15)24)21-26-16-7-3-4-8-17(16)27-21/h3-4,7-11,14-15H,1-2,5-6,24H2,(H,26,27)(H2,25,28,29)/t14-,15-/m1/s1. The predicted octanol–water partition coefficient (Wildman–Crippen LogP) is 4.41. The van der Waals surface area contributed by atoms with E-state index in [4.69, 9.17) is 17.3 Å². The minimum atomic E-state index is -0.217. The summed E-state index contributed by atoms with van der Waals surface area (Å²) in [4.78, 5) is 24.1. The Bertz CT molecular complexity index is 1230. The van der Waals surface area contributed by atoms with Gasteiger partial charge in [0.25, 0.3) is 5.56 Å². The first-order chi connectivity index (χ1) is 14.1. The van der Waals surface area contributed by atoms with E-state index in [0.717, 1.165) is 47.8 Å². The van der Waals surface area contributed by atoms with Crippen LogP contribution in [0.2, 0.25) is 5.02 Å². The van der Waals surface area contributed by atoms with Gasteiger partial charge >= 0.3 is 0 Å². The molecule has 0 spiro atoms. The molecule has 1 fully saturated rings. The van der Waals surface area contributed by atoms with Gasteiger partial charge in [-0.3, -0.25) is 4.79 Å². The van der Waals surface area contributed by atoms with Crippen LogP contribution in [-0.2, 0) is 0 Å². The van der Waals surface area contributed by atoms with E-state index >= 15 is 0 Å².